The van der Waals surface area contributed by atoms with Gasteiger partial charge in [0.1, 0.15) is 9.88 Å². The third-order valence-corrected chi connectivity index (χ3v) is 4.57. The molecule has 0 aliphatic carbocycles. The number of primary amides is 1. The van der Waals surface area contributed by atoms with Crippen molar-refractivity contribution in [3.05, 3.63) is 38.9 Å². The zero-order chi connectivity index (χ0) is 16.3. The average Bonchev–Trinajstić information content (AvgIpc) is 3.07. The summed E-state index contributed by atoms with van der Waals surface area (Å²) < 4.78 is 5.11. The number of hydrogen-bond donors (Lipinski definition) is 2. The number of amides is 2. The van der Waals surface area contributed by atoms with Crippen LogP contribution in [0, 0.1) is 6.92 Å². The van der Waals surface area contributed by atoms with Gasteiger partial charge in [0.25, 0.3) is 11.8 Å². The lowest BCUT2D eigenvalue weighted by Crippen LogP contribution is -2.30. The van der Waals surface area contributed by atoms with Gasteiger partial charge in [0.2, 0.25) is 0 Å². The molecule has 2 heterocycles. The Hall–Kier alpha value is -2.19. The zero-order valence-corrected chi connectivity index (χ0v) is 13.5. The maximum absolute atomic E-state index is 12.0. The lowest BCUT2D eigenvalue weighted by Gasteiger charge is -2.12. The van der Waals surface area contributed by atoms with E-state index in [4.69, 9.17) is 10.5 Å². The van der Waals surface area contributed by atoms with E-state index in [1.165, 1.54) is 35.7 Å². The normalized spacial score (nSPS) is 11.7. The molecule has 0 fully saturated rings. The maximum atomic E-state index is 12.0. The van der Waals surface area contributed by atoms with Crippen LogP contribution in [0.25, 0.3) is 0 Å². The zero-order valence-electron chi connectivity index (χ0n) is 11.9. The van der Waals surface area contributed by atoms with Gasteiger partial charge in [-0.3, -0.25) is 9.59 Å². The quantitative estimate of drug-likeness (QED) is 0.818. The third-order valence-electron chi connectivity index (χ3n) is 2.76. The van der Waals surface area contributed by atoms with Crippen molar-refractivity contribution in [2.75, 3.05) is 5.32 Å². The highest BCUT2D eigenvalue weighted by molar-refractivity contribution is 7.14. The summed E-state index contributed by atoms with van der Waals surface area (Å²) in [7, 11) is 0. The van der Waals surface area contributed by atoms with Gasteiger partial charge in [-0.2, -0.15) is 0 Å². The molecule has 8 heteroatoms. The molecule has 6 nitrogen and oxygen atoms in total. The smallest absolute Gasteiger partial charge is 0.349 e. The predicted molar refractivity (Wildman–Crippen MR) is 85.4 cm³/mol. The number of rotatable bonds is 5. The molecule has 3 N–H and O–H groups in total. The molecule has 0 saturated carbocycles. The van der Waals surface area contributed by atoms with Crippen LogP contribution in [-0.4, -0.2) is 23.9 Å². The standard InChI is InChI=1S/C14H14N2O4S2/c1-7-3-4-10(22-7)14(19)20-8(2)12(18)16-13-9(11(15)17)5-6-21-13/h3-6,8H,1-2H3,(H2,15,17)(H,16,18)/t8-/m0/s1. The van der Waals surface area contributed by atoms with Crippen molar-refractivity contribution < 1.29 is 19.1 Å². The van der Waals surface area contributed by atoms with Gasteiger partial charge in [-0.1, -0.05) is 0 Å². The molecule has 2 rings (SSSR count). The minimum atomic E-state index is -0.988. The molecule has 2 aromatic rings. The van der Waals surface area contributed by atoms with Crippen molar-refractivity contribution in [3.63, 3.8) is 0 Å². The van der Waals surface area contributed by atoms with Crippen LogP contribution in [0.2, 0.25) is 0 Å². The number of ether oxygens (including phenoxy) is 1. The Morgan fingerprint density at radius 1 is 1.27 bits per heavy atom. The first-order chi connectivity index (χ1) is 10.4. The Morgan fingerprint density at radius 2 is 2.00 bits per heavy atom. The average molecular weight is 338 g/mol. The number of nitrogens with one attached hydrogen (secondary N) is 1. The van der Waals surface area contributed by atoms with E-state index >= 15 is 0 Å². The van der Waals surface area contributed by atoms with Gasteiger partial charge in [0.15, 0.2) is 6.10 Å². The van der Waals surface area contributed by atoms with Gasteiger partial charge in [0, 0.05) is 4.88 Å². The summed E-state index contributed by atoms with van der Waals surface area (Å²) in [5, 5.41) is 4.52. The Kier molecular flexibility index (Phi) is 4.94. The van der Waals surface area contributed by atoms with Crippen LogP contribution < -0.4 is 11.1 Å². The van der Waals surface area contributed by atoms with Crippen molar-refractivity contribution >= 4 is 45.5 Å². The summed E-state index contributed by atoms with van der Waals surface area (Å²) in [6, 6.07) is 4.97. The molecular formula is C14H14N2O4S2. The minimum Gasteiger partial charge on any atom is -0.448 e. The molecule has 1 atom stereocenters. The molecule has 2 aromatic heterocycles. The van der Waals surface area contributed by atoms with E-state index in [0.29, 0.717) is 9.88 Å². The second kappa shape index (κ2) is 6.71. The summed E-state index contributed by atoms with van der Waals surface area (Å²) in [4.78, 5) is 36.5. The van der Waals surface area contributed by atoms with Gasteiger partial charge in [0.05, 0.1) is 5.56 Å². The molecule has 116 valence electrons. The van der Waals surface area contributed by atoms with Crippen LogP contribution in [0.15, 0.2) is 23.6 Å². The number of carbonyl (C=O) groups excluding carboxylic acids is 3. The van der Waals surface area contributed by atoms with Crippen LogP contribution in [0.1, 0.15) is 31.8 Å². The Balaban J connectivity index is 1.99. The Morgan fingerprint density at radius 3 is 2.59 bits per heavy atom. The Labute approximate surface area is 134 Å². The van der Waals surface area contributed by atoms with Crippen molar-refractivity contribution in [3.8, 4) is 0 Å². The van der Waals surface area contributed by atoms with E-state index in [0.717, 1.165) is 4.88 Å². The number of esters is 1. The predicted octanol–water partition coefficient (Wildman–Crippen LogP) is 2.40. The van der Waals surface area contributed by atoms with E-state index in [9.17, 15) is 14.4 Å². The molecular weight excluding hydrogens is 324 g/mol. The largest absolute Gasteiger partial charge is 0.448 e. The maximum Gasteiger partial charge on any atom is 0.349 e. The van der Waals surface area contributed by atoms with Crippen molar-refractivity contribution in [1.82, 2.24) is 0 Å². The molecule has 2 amide bonds. The van der Waals surface area contributed by atoms with Crippen LogP contribution in [0.4, 0.5) is 5.00 Å². The number of hydrogen-bond acceptors (Lipinski definition) is 6. The minimum absolute atomic E-state index is 0.228. The molecule has 0 bridgehead atoms. The number of aryl methyl sites for hydroxylation is 1. The van der Waals surface area contributed by atoms with Gasteiger partial charge >= 0.3 is 5.97 Å². The molecule has 0 unspecified atom stereocenters. The molecule has 0 aliphatic rings. The van der Waals surface area contributed by atoms with Gasteiger partial charge in [-0.15, -0.1) is 22.7 Å². The highest BCUT2D eigenvalue weighted by Gasteiger charge is 2.21. The molecule has 0 saturated heterocycles. The van der Waals surface area contributed by atoms with Crippen LogP contribution >= 0.6 is 22.7 Å². The number of carbonyl (C=O) groups is 3. The first kappa shape index (κ1) is 16.2. The second-order valence-electron chi connectivity index (χ2n) is 4.47. The summed E-state index contributed by atoms with van der Waals surface area (Å²) in [5.74, 6) is -1.70. The van der Waals surface area contributed by atoms with Crippen LogP contribution in [0.5, 0.6) is 0 Å². The van der Waals surface area contributed by atoms with Crippen LogP contribution in [-0.2, 0) is 9.53 Å². The molecule has 0 aliphatic heterocycles. The van der Waals surface area contributed by atoms with Crippen molar-refractivity contribution in [2.24, 2.45) is 5.73 Å². The van der Waals surface area contributed by atoms with Crippen molar-refractivity contribution in [2.45, 2.75) is 20.0 Å². The van der Waals surface area contributed by atoms with E-state index < -0.39 is 23.9 Å². The number of anilines is 1. The van der Waals surface area contributed by atoms with Crippen LogP contribution in [0.3, 0.4) is 0 Å². The molecule has 22 heavy (non-hydrogen) atoms. The first-order valence-electron chi connectivity index (χ1n) is 6.34. The summed E-state index contributed by atoms with van der Waals surface area (Å²) in [6.07, 6.45) is -0.988. The molecule has 0 radical (unpaired) electrons. The fourth-order valence-corrected chi connectivity index (χ4v) is 3.18. The molecule has 0 aromatic carbocycles. The summed E-state index contributed by atoms with van der Waals surface area (Å²) in [5.41, 5.74) is 5.43. The van der Waals surface area contributed by atoms with E-state index in [-0.39, 0.29) is 5.56 Å². The van der Waals surface area contributed by atoms with E-state index in [1.807, 2.05) is 6.92 Å². The fourth-order valence-electron chi connectivity index (χ4n) is 1.63. The fraction of sp³-hybridized carbons (Fsp3) is 0.214. The topological polar surface area (TPSA) is 98.5 Å². The first-order valence-corrected chi connectivity index (χ1v) is 8.03. The highest BCUT2D eigenvalue weighted by atomic mass is 32.1. The SMILES string of the molecule is Cc1ccc(C(=O)O[C@@H](C)C(=O)Nc2sccc2C(N)=O)s1. The summed E-state index contributed by atoms with van der Waals surface area (Å²) >= 11 is 2.47. The Bertz CT molecular complexity index is 720. The number of nitrogens with two attached hydrogens (primary N) is 1. The lowest BCUT2D eigenvalue weighted by atomic mass is 10.3. The van der Waals surface area contributed by atoms with Gasteiger partial charge < -0.3 is 15.8 Å². The number of thiophene rings is 2. The summed E-state index contributed by atoms with van der Waals surface area (Å²) in [6.45, 7) is 3.34. The van der Waals surface area contributed by atoms with E-state index in [1.54, 1.807) is 17.5 Å². The monoisotopic (exact) mass is 338 g/mol. The molecule has 0 spiro atoms. The van der Waals surface area contributed by atoms with Gasteiger partial charge in [-0.05, 0) is 37.4 Å². The van der Waals surface area contributed by atoms with Gasteiger partial charge in [-0.25, -0.2) is 4.79 Å². The van der Waals surface area contributed by atoms with E-state index in [2.05, 4.69) is 5.32 Å². The highest BCUT2D eigenvalue weighted by Crippen LogP contribution is 2.23. The second-order valence-corrected chi connectivity index (χ2v) is 6.68. The third kappa shape index (κ3) is 3.71. The van der Waals surface area contributed by atoms with Crippen molar-refractivity contribution in [1.29, 1.82) is 0 Å². The lowest BCUT2D eigenvalue weighted by molar-refractivity contribution is -0.123.